The number of amides is 2. The molecule has 0 aliphatic rings. The van der Waals surface area contributed by atoms with Crippen molar-refractivity contribution in [3.05, 3.63) is 35.6 Å². The minimum Gasteiger partial charge on any atom is -0.375 e. The van der Waals surface area contributed by atoms with Crippen LogP contribution in [0.3, 0.4) is 0 Å². The average molecular weight is 254 g/mol. The van der Waals surface area contributed by atoms with Crippen molar-refractivity contribution in [3.63, 3.8) is 0 Å². The summed E-state index contributed by atoms with van der Waals surface area (Å²) in [6.07, 6.45) is -0.362. The summed E-state index contributed by atoms with van der Waals surface area (Å²) < 4.78 is 18.3. The first-order valence-electron chi connectivity index (χ1n) is 5.85. The highest BCUT2D eigenvalue weighted by Gasteiger charge is 2.12. The van der Waals surface area contributed by atoms with Crippen molar-refractivity contribution in [1.82, 2.24) is 10.6 Å². The fraction of sp³-hybridized carbons (Fsp3) is 0.462. The number of urea groups is 1. The monoisotopic (exact) mass is 254 g/mol. The maximum atomic E-state index is 13.1. The maximum absolute atomic E-state index is 13.1. The molecular weight excluding hydrogens is 235 g/mol. The molecule has 0 saturated heterocycles. The molecule has 0 aliphatic heterocycles. The lowest BCUT2D eigenvalue weighted by atomic mass is 10.1. The summed E-state index contributed by atoms with van der Waals surface area (Å²) in [5, 5.41) is 5.39. The van der Waals surface area contributed by atoms with Crippen LogP contribution in [-0.2, 0) is 4.74 Å². The normalized spacial score (nSPS) is 12.3. The summed E-state index contributed by atoms with van der Waals surface area (Å²) in [7, 11) is 1.53. The predicted octanol–water partition coefficient (Wildman–Crippen LogP) is 2.22. The summed E-state index contributed by atoms with van der Waals surface area (Å²) in [5.74, 6) is -0.318. The van der Waals surface area contributed by atoms with Crippen LogP contribution in [0.25, 0.3) is 0 Å². The Hall–Kier alpha value is -1.62. The molecule has 0 unspecified atom stereocenters. The smallest absolute Gasteiger partial charge is 0.315 e. The molecule has 1 rings (SSSR count). The van der Waals surface area contributed by atoms with Gasteiger partial charge in [0.2, 0.25) is 0 Å². The highest BCUT2D eigenvalue weighted by molar-refractivity contribution is 5.74. The van der Waals surface area contributed by atoms with E-state index in [4.69, 9.17) is 4.74 Å². The maximum Gasteiger partial charge on any atom is 0.315 e. The van der Waals surface area contributed by atoms with E-state index in [-0.39, 0.29) is 24.0 Å². The zero-order valence-corrected chi connectivity index (χ0v) is 10.9. The average Bonchev–Trinajstić information content (AvgIpc) is 2.29. The lowest BCUT2D eigenvalue weighted by Gasteiger charge is -2.17. The Balaban J connectivity index is 2.55. The van der Waals surface area contributed by atoms with E-state index in [1.54, 1.807) is 12.1 Å². The van der Waals surface area contributed by atoms with Crippen molar-refractivity contribution in [1.29, 1.82) is 0 Å². The fourth-order valence-corrected chi connectivity index (χ4v) is 1.54. The molecule has 0 fully saturated rings. The van der Waals surface area contributed by atoms with E-state index in [0.717, 1.165) is 0 Å². The molecule has 0 bridgehead atoms. The minimum absolute atomic E-state index is 0.0696. The Labute approximate surface area is 107 Å². The SMILES string of the molecule is CO[C@H](CNC(=O)NC(C)C)c1cccc(F)c1. The van der Waals surface area contributed by atoms with Gasteiger partial charge in [0.25, 0.3) is 0 Å². The van der Waals surface area contributed by atoms with E-state index in [2.05, 4.69) is 10.6 Å². The van der Waals surface area contributed by atoms with Crippen molar-refractivity contribution in [2.75, 3.05) is 13.7 Å². The van der Waals surface area contributed by atoms with Crippen LogP contribution < -0.4 is 10.6 Å². The topological polar surface area (TPSA) is 50.4 Å². The Morgan fingerprint density at radius 1 is 1.44 bits per heavy atom. The molecule has 0 radical (unpaired) electrons. The Bertz CT molecular complexity index is 396. The third-order valence-corrected chi connectivity index (χ3v) is 2.37. The second kappa shape index (κ2) is 6.96. The van der Waals surface area contributed by atoms with Gasteiger partial charge in [0.05, 0.1) is 6.10 Å². The molecule has 0 saturated carbocycles. The molecule has 18 heavy (non-hydrogen) atoms. The Morgan fingerprint density at radius 3 is 2.72 bits per heavy atom. The summed E-state index contributed by atoms with van der Waals surface area (Å²) in [6.45, 7) is 4.04. The minimum atomic E-state index is -0.362. The van der Waals surface area contributed by atoms with Gasteiger partial charge in [-0.3, -0.25) is 0 Å². The van der Waals surface area contributed by atoms with Gasteiger partial charge in [0, 0.05) is 19.7 Å². The number of halogens is 1. The van der Waals surface area contributed by atoms with Gasteiger partial charge in [-0.2, -0.15) is 0 Å². The largest absolute Gasteiger partial charge is 0.375 e. The van der Waals surface area contributed by atoms with Gasteiger partial charge < -0.3 is 15.4 Å². The Morgan fingerprint density at radius 2 is 2.17 bits per heavy atom. The number of rotatable bonds is 5. The van der Waals surface area contributed by atoms with Gasteiger partial charge in [-0.1, -0.05) is 12.1 Å². The summed E-state index contributed by atoms with van der Waals surface area (Å²) >= 11 is 0. The second-order valence-electron chi connectivity index (χ2n) is 4.29. The number of ether oxygens (including phenoxy) is 1. The van der Waals surface area contributed by atoms with Crippen molar-refractivity contribution >= 4 is 6.03 Å². The molecule has 1 atom stereocenters. The zero-order chi connectivity index (χ0) is 13.5. The molecule has 0 aliphatic carbocycles. The van der Waals surface area contributed by atoms with Gasteiger partial charge >= 0.3 is 6.03 Å². The van der Waals surface area contributed by atoms with Crippen LogP contribution in [0.2, 0.25) is 0 Å². The highest BCUT2D eigenvalue weighted by atomic mass is 19.1. The van der Waals surface area contributed by atoms with Crippen LogP contribution >= 0.6 is 0 Å². The summed E-state index contributed by atoms with van der Waals surface area (Å²) in [4.78, 5) is 11.4. The number of methoxy groups -OCH3 is 1. The number of hydrogen-bond acceptors (Lipinski definition) is 2. The second-order valence-corrected chi connectivity index (χ2v) is 4.29. The van der Waals surface area contributed by atoms with Crippen molar-refractivity contribution < 1.29 is 13.9 Å². The molecule has 2 N–H and O–H groups in total. The molecule has 4 nitrogen and oxygen atoms in total. The van der Waals surface area contributed by atoms with E-state index < -0.39 is 0 Å². The molecule has 100 valence electrons. The number of benzene rings is 1. The lowest BCUT2D eigenvalue weighted by Crippen LogP contribution is -2.41. The molecule has 1 aromatic carbocycles. The van der Waals surface area contributed by atoms with E-state index in [1.165, 1.54) is 19.2 Å². The van der Waals surface area contributed by atoms with Crippen LogP contribution in [-0.4, -0.2) is 25.7 Å². The Kier molecular flexibility index (Phi) is 5.58. The molecule has 5 heteroatoms. The van der Waals surface area contributed by atoms with Crippen LogP contribution in [0, 0.1) is 5.82 Å². The summed E-state index contributed by atoms with van der Waals surface area (Å²) in [6, 6.07) is 5.96. The standard InChI is InChI=1S/C13H19FN2O2/c1-9(2)16-13(17)15-8-12(18-3)10-5-4-6-11(14)7-10/h4-7,9,12H,8H2,1-3H3,(H2,15,16,17)/t12-/m1/s1. The van der Waals surface area contributed by atoms with Crippen LogP contribution in [0.15, 0.2) is 24.3 Å². The first kappa shape index (κ1) is 14.4. The summed E-state index contributed by atoms with van der Waals surface area (Å²) in [5.41, 5.74) is 0.697. The molecule has 0 spiro atoms. The van der Waals surface area contributed by atoms with E-state index in [9.17, 15) is 9.18 Å². The number of carbonyl (C=O) groups is 1. The number of nitrogens with one attached hydrogen (secondary N) is 2. The van der Waals surface area contributed by atoms with Crippen molar-refractivity contribution in [2.24, 2.45) is 0 Å². The first-order valence-corrected chi connectivity index (χ1v) is 5.85. The number of carbonyl (C=O) groups excluding carboxylic acids is 1. The van der Waals surface area contributed by atoms with Gasteiger partial charge in [-0.25, -0.2) is 9.18 Å². The van der Waals surface area contributed by atoms with Gasteiger partial charge in [0.1, 0.15) is 5.82 Å². The van der Waals surface area contributed by atoms with E-state index >= 15 is 0 Å². The molecule has 0 aromatic heterocycles. The third-order valence-electron chi connectivity index (χ3n) is 2.37. The van der Waals surface area contributed by atoms with Crippen LogP contribution in [0.1, 0.15) is 25.5 Å². The van der Waals surface area contributed by atoms with E-state index in [1.807, 2.05) is 13.8 Å². The lowest BCUT2D eigenvalue weighted by molar-refractivity contribution is 0.103. The predicted molar refractivity (Wildman–Crippen MR) is 67.8 cm³/mol. The molecule has 2 amide bonds. The van der Waals surface area contributed by atoms with Crippen molar-refractivity contribution in [2.45, 2.75) is 26.0 Å². The van der Waals surface area contributed by atoms with Gasteiger partial charge in [-0.05, 0) is 31.5 Å². The molecular formula is C13H19FN2O2. The van der Waals surface area contributed by atoms with E-state index in [0.29, 0.717) is 12.1 Å². The zero-order valence-electron chi connectivity index (χ0n) is 10.9. The third kappa shape index (κ3) is 4.71. The molecule has 1 aromatic rings. The van der Waals surface area contributed by atoms with Crippen LogP contribution in [0.5, 0.6) is 0 Å². The number of hydrogen-bond donors (Lipinski definition) is 2. The van der Waals surface area contributed by atoms with Gasteiger partial charge in [0.15, 0.2) is 0 Å². The van der Waals surface area contributed by atoms with Gasteiger partial charge in [-0.15, -0.1) is 0 Å². The van der Waals surface area contributed by atoms with Crippen LogP contribution in [0.4, 0.5) is 9.18 Å². The van der Waals surface area contributed by atoms with Crippen molar-refractivity contribution in [3.8, 4) is 0 Å². The quantitative estimate of drug-likeness (QED) is 0.846. The molecule has 0 heterocycles. The highest BCUT2D eigenvalue weighted by Crippen LogP contribution is 2.16. The fourth-order valence-electron chi connectivity index (χ4n) is 1.54. The first-order chi connectivity index (χ1) is 8.52.